The van der Waals surface area contributed by atoms with E-state index in [1.807, 2.05) is 0 Å². The first-order valence-corrected chi connectivity index (χ1v) is 6.95. The summed E-state index contributed by atoms with van der Waals surface area (Å²) in [7, 11) is -3.38. The van der Waals surface area contributed by atoms with Gasteiger partial charge in [-0.05, 0) is 37.6 Å². The summed E-state index contributed by atoms with van der Waals surface area (Å²) in [6.45, 7) is 2.03. The summed E-state index contributed by atoms with van der Waals surface area (Å²) in [5.41, 5.74) is 1.50. The van der Waals surface area contributed by atoms with Gasteiger partial charge in [0.05, 0.1) is 5.75 Å². The van der Waals surface area contributed by atoms with Crippen LogP contribution in [0.1, 0.15) is 23.7 Å². The van der Waals surface area contributed by atoms with Crippen molar-refractivity contribution in [2.45, 2.75) is 13.3 Å². The van der Waals surface area contributed by atoms with Crippen LogP contribution in [0.3, 0.4) is 0 Å². The monoisotopic (exact) mass is 256 g/mol. The Kier molecular flexibility index (Phi) is 4.65. The second-order valence-corrected chi connectivity index (χ2v) is 5.51. The van der Waals surface area contributed by atoms with Gasteiger partial charge in [0.25, 0.3) is 0 Å². The summed E-state index contributed by atoms with van der Waals surface area (Å²) >= 11 is 0. The fraction of sp³-hybridized carbons (Fsp3) is 0.364. The molecule has 0 bridgehead atoms. The molecule has 0 saturated carbocycles. The first-order chi connectivity index (χ1) is 7.88. The van der Waals surface area contributed by atoms with E-state index >= 15 is 0 Å². The molecule has 94 valence electrons. The molecule has 0 aliphatic carbocycles. The van der Waals surface area contributed by atoms with Crippen LogP contribution in [-0.2, 0) is 10.0 Å². The number of hydrogen-bond donors (Lipinski definition) is 2. The molecule has 0 radical (unpaired) electrons. The van der Waals surface area contributed by atoms with Gasteiger partial charge >= 0.3 is 0 Å². The van der Waals surface area contributed by atoms with Crippen LogP contribution < -0.4 is 10.5 Å². The average Bonchev–Trinajstić information content (AvgIpc) is 2.24. The van der Waals surface area contributed by atoms with Crippen molar-refractivity contribution in [3.63, 3.8) is 0 Å². The van der Waals surface area contributed by atoms with Crippen LogP contribution in [0.15, 0.2) is 24.3 Å². The zero-order valence-electron chi connectivity index (χ0n) is 9.64. The van der Waals surface area contributed by atoms with E-state index in [1.165, 1.54) is 6.92 Å². The number of rotatable bonds is 6. The predicted molar refractivity (Wildman–Crippen MR) is 67.5 cm³/mol. The molecule has 0 fully saturated rings. The number of benzene rings is 1. The first-order valence-electron chi connectivity index (χ1n) is 5.24. The van der Waals surface area contributed by atoms with Gasteiger partial charge in [-0.3, -0.25) is 4.79 Å². The maximum atomic E-state index is 11.0. The first kappa shape index (κ1) is 13.7. The predicted octanol–water partition coefficient (Wildman–Crippen LogP) is 0.980. The van der Waals surface area contributed by atoms with Crippen molar-refractivity contribution in [2.24, 2.45) is 5.14 Å². The summed E-state index contributed by atoms with van der Waals surface area (Å²) < 4.78 is 21.3. The molecule has 0 aliphatic heterocycles. The van der Waals surface area contributed by atoms with Crippen molar-refractivity contribution in [3.05, 3.63) is 29.8 Å². The Balaban J connectivity index is 2.40. The molecule has 0 atom stereocenters. The third-order valence-corrected chi connectivity index (χ3v) is 3.08. The minimum absolute atomic E-state index is 0.0192. The highest BCUT2D eigenvalue weighted by atomic mass is 32.2. The van der Waals surface area contributed by atoms with E-state index in [4.69, 9.17) is 5.14 Å². The highest BCUT2D eigenvalue weighted by molar-refractivity contribution is 7.89. The van der Waals surface area contributed by atoms with Crippen LogP contribution in [0, 0.1) is 0 Å². The zero-order valence-corrected chi connectivity index (χ0v) is 10.5. The number of carbonyl (C=O) groups is 1. The molecule has 1 rings (SSSR count). The second-order valence-electron chi connectivity index (χ2n) is 3.78. The molecule has 0 heterocycles. The number of anilines is 1. The fourth-order valence-electron chi connectivity index (χ4n) is 1.33. The summed E-state index contributed by atoms with van der Waals surface area (Å²) in [5, 5.41) is 7.93. The molecule has 0 aromatic heterocycles. The Bertz CT molecular complexity index is 480. The van der Waals surface area contributed by atoms with Crippen LogP contribution in [0.5, 0.6) is 0 Å². The topological polar surface area (TPSA) is 89.3 Å². The van der Waals surface area contributed by atoms with E-state index in [0.717, 1.165) is 5.69 Å². The quantitative estimate of drug-likeness (QED) is 0.586. The molecule has 3 N–H and O–H groups in total. The number of hydrogen-bond acceptors (Lipinski definition) is 4. The van der Waals surface area contributed by atoms with E-state index in [9.17, 15) is 13.2 Å². The van der Waals surface area contributed by atoms with Gasteiger partial charge in [0.1, 0.15) is 0 Å². The van der Waals surface area contributed by atoms with Crippen LogP contribution in [0.25, 0.3) is 0 Å². The van der Waals surface area contributed by atoms with Crippen LogP contribution >= 0.6 is 0 Å². The van der Waals surface area contributed by atoms with Crippen LogP contribution in [0.2, 0.25) is 0 Å². The molecule has 0 spiro atoms. The van der Waals surface area contributed by atoms with Crippen molar-refractivity contribution in [2.75, 3.05) is 17.6 Å². The molecule has 0 amide bonds. The SMILES string of the molecule is CC(=O)c1ccc(NCCCS(N)(=O)=O)cc1. The molecule has 17 heavy (non-hydrogen) atoms. The van der Waals surface area contributed by atoms with Crippen molar-refractivity contribution in [3.8, 4) is 0 Å². The molecular weight excluding hydrogens is 240 g/mol. The summed E-state index contributed by atoms with van der Waals surface area (Å²) in [4.78, 5) is 11.0. The normalized spacial score (nSPS) is 11.2. The van der Waals surface area contributed by atoms with Gasteiger partial charge in [0.2, 0.25) is 10.0 Å². The molecule has 1 aromatic rings. The summed E-state index contributed by atoms with van der Waals surface area (Å²) in [5.74, 6) is -0.0169. The molecule has 0 aliphatic rings. The van der Waals surface area contributed by atoms with Crippen molar-refractivity contribution < 1.29 is 13.2 Å². The minimum Gasteiger partial charge on any atom is -0.385 e. The molecule has 0 unspecified atom stereocenters. The number of primary sulfonamides is 1. The molecule has 5 nitrogen and oxygen atoms in total. The lowest BCUT2D eigenvalue weighted by molar-refractivity contribution is 0.101. The van der Waals surface area contributed by atoms with Gasteiger partial charge in [0, 0.05) is 17.8 Å². The Morgan fingerprint density at radius 2 is 1.88 bits per heavy atom. The Hall–Kier alpha value is -1.40. The third-order valence-electron chi connectivity index (χ3n) is 2.23. The third kappa shape index (κ3) is 5.46. The molecule has 0 saturated heterocycles. The lowest BCUT2D eigenvalue weighted by Gasteiger charge is -2.06. The number of carbonyl (C=O) groups excluding carboxylic acids is 1. The highest BCUT2D eigenvalue weighted by Gasteiger charge is 2.02. The summed E-state index contributed by atoms with van der Waals surface area (Å²) in [6.07, 6.45) is 0.452. The van der Waals surface area contributed by atoms with Gasteiger partial charge < -0.3 is 5.32 Å². The van der Waals surface area contributed by atoms with E-state index in [0.29, 0.717) is 18.5 Å². The number of nitrogens with two attached hydrogens (primary N) is 1. The molecular formula is C11H16N2O3S. The lowest BCUT2D eigenvalue weighted by atomic mass is 10.1. The molecule has 6 heteroatoms. The van der Waals surface area contributed by atoms with Gasteiger partial charge in [-0.1, -0.05) is 0 Å². The maximum Gasteiger partial charge on any atom is 0.209 e. The number of nitrogens with one attached hydrogen (secondary N) is 1. The smallest absolute Gasteiger partial charge is 0.209 e. The van der Waals surface area contributed by atoms with Crippen molar-refractivity contribution in [1.29, 1.82) is 0 Å². The zero-order chi connectivity index (χ0) is 12.9. The Labute approximate surface area is 101 Å². The van der Waals surface area contributed by atoms with Gasteiger partial charge in [-0.2, -0.15) is 0 Å². The van der Waals surface area contributed by atoms with E-state index in [-0.39, 0.29) is 11.5 Å². The Morgan fingerprint density at radius 3 is 2.35 bits per heavy atom. The van der Waals surface area contributed by atoms with Gasteiger partial charge in [-0.15, -0.1) is 0 Å². The van der Waals surface area contributed by atoms with Crippen molar-refractivity contribution >= 4 is 21.5 Å². The maximum absolute atomic E-state index is 11.0. The van der Waals surface area contributed by atoms with E-state index in [2.05, 4.69) is 5.32 Å². The number of sulfonamides is 1. The van der Waals surface area contributed by atoms with Gasteiger partial charge in [0.15, 0.2) is 5.78 Å². The largest absolute Gasteiger partial charge is 0.385 e. The van der Waals surface area contributed by atoms with Crippen molar-refractivity contribution in [1.82, 2.24) is 0 Å². The summed E-state index contributed by atoms with van der Waals surface area (Å²) in [6, 6.07) is 7.02. The standard InChI is InChI=1S/C11H16N2O3S/c1-9(14)10-3-5-11(6-4-10)13-7-2-8-17(12,15)16/h3-6,13H,2,7-8H2,1H3,(H2,12,15,16). The van der Waals surface area contributed by atoms with Gasteiger partial charge in [-0.25, -0.2) is 13.6 Å². The van der Waals surface area contributed by atoms with E-state index in [1.54, 1.807) is 24.3 Å². The van der Waals surface area contributed by atoms with Crippen LogP contribution in [-0.4, -0.2) is 26.5 Å². The average molecular weight is 256 g/mol. The van der Waals surface area contributed by atoms with E-state index < -0.39 is 10.0 Å². The highest BCUT2D eigenvalue weighted by Crippen LogP contribution is 2.09. The Morgan fingerprint density at radius 1 is 1.29 bits per heavy atom. The lowest BCUT2D eigenvalue weighted by Crippen LogP contribution is -2.18. The van der Waals surface area contributed by atoms with Crippen LogP contribution in [0.4, 0.5) is 5.69 Å². The fourth-order valence-corrected chi connectivity index (χ4v) is 1.88. The second kappa shape index (κ2) is 5.79. The minimum atomic E-state index is -3.38. The number of Topliss-reactive ketones (excluding diaryl/α,β-unsaturated/α-hetero) is 1. The molecule has 1 aromatic carbocycles. The number of ketones is 1.